The zero-order valence-corrected chi connectivity index (χ0v) is 36.8. The predicted molar refractivity (Wildman–Crippen MR) is 235 cm³/mol. The van der Waals surface area contributed by atoms with Crippen LogP contribution in [-0.2, 0) is 18.4 Å². The van der Waals surface area contributed by atoms with Crippen LogP contribution in [0.25, 0.3) is 0 Å². The summed E-state index contributed by atoms with van der Waals surface area (Å²) in [7, 11) is 1.55. The molecule has 0 bridgehead atoms. The Labute approximate surface area is 338 Å². The normalized spacial score (nSPS) is 15.1. The molecule has 0 rings (SSSR count). The summed E-state index contributed by atoms with van der Waals surface area (Å²) in [6, 6.07) is -0.854. The summed E-state index contributed by atoms with van der Waals surface area (Å²) in [6.07, 6.45) is 49.7. The van der Waals surface area contributed by atoms with E-state index in [1.807, 2.05) is 27.2 Å². The number of amides is 1. The van der Waals surface area contributed by atoms with Crippen LogP contribution in [0.2, 0.25) is 0 Å². The van der Waals surface area contributed by atoms with Crippen molar-refractivity contribution in [3.63, 3.8) is 0 Å². The van der Waals surface area contributed by atoms with Gasteiger partial charge >= 0.3 is 7.82 Å². The summed E-state index contributed by atoms with van der Waals surface area (Å²) in [5, 5.41) is 13.8. The molecule has 0 heterocycles. The van der Waals surface area contributed by atoms with E-state index in [0.29, 0.717) is 17.4 Å². The van der Waals surface area contributed by atoms with E-state index >= 15 is 0 Å². The van der Waals surface area contributed by atoms with Gasteiger partial charge in [-0.25, -0.2) is 4.57 Å². The van der Waals surface area contributed by atoms with E-state index < -0.39 is 20.0 Å². The van der Waals surface area contributed by atoms with Crippen LogP contribution in [0.1, 0.15) is 162 Å². The zero-order valence-electron chi connectivity index (χ0n) is 35.9. The fourth-order valence-corrected chi connectivity index (χ4v) is 6.45. The fourth-order valence-electron chi connectivity index (χ4n) is 5.71. The molecule has 0 saturated carbocycles. The van der Waals surface area contributed by atoms with Gasteiger partial charge in [0.15, 0.2) is 0 Å². The van der Waals surface area contributed by atoms with Gasteiger partial charge in [0.05, 0.1) is 39.9 Å². The molecule has 0 aliphatic heterocycles. The van der Waals surface area contributed by atoms with E-state index in [0.717, 1.165) is 83.5 Å². The van der Waals surface area contributed by atoms with E-state index in [4.69, 9.17) is 9.05 Å². The smallest absolute Gasteiger partial charge is 0.387 e. The van der Waals surface area contributed by atoms with Gasteiger partial charge in [0.25, 0.3) is 0 Å². The van der Waals surface area contributed by atoms with Crippen molar-refractivity contribution >= 4 is 13.7 Å². The number of carbonyl (C=O) groups is 1. The Kier molecular flexibility index (Phi) is 36.1. The molecule has 0 aromatic rings. The second-order valence-corrected chi connectivity index (χ2v) is 17.1. The second kappa shape index (κ2) is 37.5. The third-order valence-electron chi connectivity index (χ3n) is 9.18. The van der Waals surface area contributed by atoms with E-state index in [9.17, 15) is 19.4 Å². The first-order valence-electron chi connectivity index (χ1n) is 21.8. The monoisotopic (exact) mass is 792 g/mol. The Morgan fingerprint density at radius 3 is 1.60 bits per heavy atom. The Balaban J connectivity index is 4.35. The molecular formula is C46H84N2O6P+. The summed E-state index contributed by atoms with van der Waals surface area (Å²) in [5.41, 5.74) is 0. The molecule has 55 heavy (non-hydrogen) atoms. The molecule has 0 saturated heterocycles. The molecule has 0 aliphatic rings. The molecule has 9 heteroatoms. The summed E-state index contributed by atoms with van der Waals surface area (Å²) in [6.45, 7) is 4.64. The molecule has 0 aliphatic carbocycles. The number of quaternary nitrogens is 1. The molecule has 8 nitrogen and oxygen atoms in total. The molecular weight excluding hydrogens is 707 g/mol. The van der Waals surface area contributed by atoms with Crippen LogP contribution < -0.4 is 5.32 Å². The quantitative estimate of drug-likeness (QED) is 0.0249. The standard InChI is InChI=1S/C46H83N2O6P/c1-6-8-10-12-14-16-18-19-20-21-22-23-24-25-26-27-28-29-30-32-34-36-38-40-46(50)47-44(43-54-55(51,52)53-42-41-48(3,4)5)45(49)39-37-35-33-31-17-15-13-11-9-7-2/h8,10,14,16,19-20,22-23,25-26,37,39,44-45,49H,6-7,9,11-13,15,17-18,21,24,27-36,38,40-43H2,1-5H3,(H-,47,50,51,52)/p+1/b10-8-,16-14-,20-19-,23-22-,26-25-,39-37+. The minimum absolute atomic E-state index is 0.0552. The van der Waals surface area contributed by atoms with E-state index in [-0.39, 0.29) is 19.1 Å². The highest BCUT2D eigenvalue weighted by Crippen LogP contribution is 2.43. The fraction of sp³-hybridized carbons (Fsp3) is 0.717. The van der Waals surface area contributed by atoms with Crippen molar-refractivity contribution in [3.8, 4) is 0 Å². The van der Waals surface area contributed by atoms with Crippen LogP contribution in [0.5, 0.6) is 0 Å². The number of aliphatic hydroxyl groups excluding tert-OH is 1. The number of unbranched alkanes of at least 4 members (excludes halogenated alkanes) is 15. The Morgan fingerprint density at radius 2 is 1.09 bits per heavy atom. The highest BCUT2D eigenvalue weighted by molar-refractivity contribution is 7.47. The molecule has 0 spiro atoms. The lowest BCUT2D eigenvalue weighted by Crippen LogP contribution is -2.45. The topological polar surface area (TPSA) is 105 Å². The largest absolute Gasteiger partial charge is 0.472 e. The maximum atomic E-state index is 12.8. The number of hydrogen-bond acceptors (Lipinski definition) is 5. The Hall–Kier alpha value is -2.06. The molecule has 3 unspecified atom stereocenters. The minimum atomic E-state index is -4.34. The van der Waals surface area contributed by atoms with Gasteiger partial charge in [-0.1, -0.05) is 164 Å². The van der Waals surface area contributed by atoms with Crippen molar-refractivity contribution in [2.75, 3.05) is 40.9 Å². The van der Waals surface area contributed by atoms with Gasteiger partial charge in [-0.2, -0.15) is 0 Å². The molecule has 0 fully saturated rings. The maximum absolute atomic E-state index is 12.8. The Bertz CT molecular complexity index is 1120. The Morgan fingerprint density at radius 1 is 0.636 bits per heavy atom. The zero-order chi connectivity index (χ0) is 40.7. The lowest BCUT2D eigenvalue weighted by Gasteiger charge is -2.25. The van der Waals surface area contributed by atoms with Gasteiger partial charge in [0.1, 0.15) is 13.2 Å². The third-order valence-corrected chi connectivity index (χ3v) is 10.2. The van der Waals surface area contributed by atoms with Crippen molar-refractivity contribution < 1.29 is 32.9 Å². The lowest BCUT2D eigenvalue weighted by atomic mass is 10.1. The van der Waals surface area contributed by atoms with Crippen molar-refractivity contribution in [1.29, 1.82) is 0 Å². The molecule has 318 valence electrons. The third kappa shape index (κ3) is 40.0. The number of hydrogen-bond donors (Lipinski definition) is 3. The molecule has 0 aromatic heterocycles. The average molecular weight is 792 g/mol. The van der Waals surface area contributed by atoms with Gasteiger partial charge < -0.3 is 19.8 Å². The highest BCUT2D eigenvalue weighted by Gasteiger charge is 2.27. The number of phosphoric ester groups is 1. The van der Waals surface area contributed by atoms with Crippen LogP contribution in [0.4, 0.5) is 0 Å². The van der Waals surface area contributed by atoms with Crippen molar-refractivity contribution in [3.05, 3.63) is 72.9 Å². The number of rotatable bonds is 38. The molecule has 0 aromatic carbocycles. The number of allylic oxidation sites excluding steroid dienone is 11. The number of nitrogens with one attached hydrogen (secondary N) is 1. The van der Waals surface area contributed by atoms with E-state index in [2.05, 4.69) is 79.9 Å². The number of carbonyl (C=O) groups excluding carboxylic acids is 1. The summed E-state index contributed by atoms with van der Waals surface area (Å²) in [4.78, 5) is 23.1. The van der Waals surface area contributed by atoms with Gasteiger partial charge in [-0.15, -0.1) is 0 Å². The van der Waals surface area contributed by atoms with Gasteiger partial charge in [-0.05, 0) is 64.2 Å². The SMILES string of the molecule is CC/C=C\C/C=C\C/C=C\C/C=C\C/C=C\CCCCCCCCCC(=O)NC(COP(=O)(O)OCC[N+](C)(C)C)C(O)/C=C/CCCCCCCCCC. The van der Waals surface area contributed by atoms with E-state index in [1.165, 1.54) is 57.8 Å². The van der Waals surface area contributed by atoms with Crippen LogP contribution in [0.15, 0.2) is 72.9 Å². The van der Waals surface area contributed by atoms with Crippen LogP contribution >= 0.6 is 7.82 Å². The predicted octanol–water partition coefficient (Wildman–Crippen LogP) is 12.0. The first-order chi connectivity index (χ1) is 26.5. The van der Waals surface area contributed by atoms with Crippen molar-refractivity contribution in [1.82, 2.24) is 5.32 Å². The van der Waals surface area contributed by atoms with Crippen LogP contribution in [-0.4, -0.2) is 73.4 Å². The van der Waals surface area contributed by atoms with Crippen LogP contribution in [0, 0.1) is 0 Å². The number of phosphoric acid groups is 1. The van der Waals surface area contributed by atoms with Gasteiger partial charge in [-0.3, -0.25) is 13.8 Å². The van der Waals surface area contributed by atoms with Gasteiger partial charge in [0, 0.05) is 6.42 Å². The number of nitrogens with zero attached hydrogens (tertiary/aromatic N) is 1. The van der Waals surface area contributed by atoms with Crippen LogP contribution in [0.3, 0.4) is 0 Å². The molecule has 1 amide bonds. The number of likely N-dealkylation sites (N-methyl/N-ethyl adjacent to an activating group) is 1. The lowest BCUT2D eigenvalue weighted by molar-refractivity contribution is -0.870. The van der Waals surface area contributed by atoms with Crippen molar-refractivity contribution in [2.45, 2.75) is 174 Å². The number of aliphatic hydroxyl groups is 1. The average Bonchev–Trinajstić information content (AvgIpc) is 3.13. The van der Waals surface area contributed by atoms with Gasteiger partial charge in [0.2, 0.25) is 5.91 Å². The second-order valence-electron chi connectivity index (χ2n) is 15.7. The first-order valence-corrected chi connectivity index (χ1v) is 23.3. The first kappa shape index (κ1) is 52.9. The minimum Gasteiger partial charge on any atom is -0.387 e. The highest BCUT2D eigenvalue weighted by atomic mass is 31.2. The molecule has 3 atom stereocenters. The summed E-state index contributed by atoms with van der Waals surface area (Å²) < 4.78 is 23.5. The van der Waals surface area contributed by atoms with Crippen molar-refractivity contribution in [2.24, 2.45) is 0 Å². The summed E-state index contributed by atoms with van der Waals surface area (Å²) in [5.74, 6) is -0.195. The van der Waals surface area contributed by atoms with E-state index in [1.54, 1.807) is 6.08 Å². The molecule has 0 radical (unpaired) electrons. The summed E-state index contributed by atoms with van der Waals surface area (Å²) >= 11 is 0. The molecule has 3 N–H and O–H groups in total. The maximum Gasteiger partial charge on any atom is 0.472 e.